The van der Waals surface area contributed by atoms with E-state index in [9.17, 15) is 4.79 Å². The Bertz CT molecular complexity index is 1040. The van der Waals surface area contributed by atoms with Gasteiger partial charge >= 0.3 is 6.03 Å². The SMILES string of the molecule is Cc1noc(C)c1NC(=O)N1CCC[C@@H]1c1nnc(C)n1[C@H](C)c1ccc(Cl)cc1. The quantitative estimate of drug-likeness (QED) is 0.643. The first-order valence-corrected chi connectivity index (χ1v) is 10.4. The third kappa shape index (κ3) is 3.67. The van der Waals surface area contributed by atoms with Gasteiger partial charge in [0.2, 0.25) is 0 Å². The average Bonchev–Trinajstić information content (AvgIpc) is 3.43. The summed E-state index contributed by atoms with van der Waals surface area (Å²) in [6.07, 6.45) is 1.74. The molecule has 2 amide bonds. The number of amides is 2. The molecule has 0 aliphatic carbocycles. The second-order valence-electron chi connectivity index (χ2n) is 7.68. The van der Waals surface area contributed by atoms with Gasteiger partial charge in [-0.25, -0.2) is 4.79 Å². The van der Waals surface area contributed by atoms with E-state index in [1.165, 1.54) is 0 Å². The maximum Gasteiger partial charge on any atom is 0.322 e. The Balaban J connectivity index is 1.62. The Morgan fingerprint density at radius 2 is 1.97 bits per heavy atom. The lowest BCUT2D eigenvalue weighted by atomic mass is 10.1. The van der Waals surface area contributed by atoms with Gasteiger partial charge in [-0.1, -0.05) is 28.9 Å². The number of carbonyl (C=O) groups excluding carboxylic acids is 1. The molecule has 30 heavy (non-hydrogen) atoms. The molecule has 2 aromatic heterocycles. The number of hydrogen-bond donors (Lipinski definition) is 1. The highest BCUT2D eigenvalue weighted by atomic mass is 35.5. The lowest BCUT2D eigenvalue weighted by Crippen LogP contribution is -2.36. The first-order chi connectivity index (χ1) is 14.4. The van der Waals surface area contributed by atoms with Crippen molar-refractivity contribution in [2.75, 3.05) is 11.9 Å². The molecule has 0 spiro atoms. The van der Waals surface area contributed by atoms with Crippen molar-refractivity contribution < 1.29 is 9.32 Å². The zero-order valence-corrected chi connectivity index (χ0v) is 18.3. The van der Waals surface area contributed by atoms with E-state index in [4.69, 9.17) is 16.1 Å². The van der Waals surface area contributed by atoms with Crippen LogP contribution in [-0.2, 0) is 0 Å². The Labute approximate surface area is 180 Å². The first-order valence-electron chi connectivity index (χ1n) is 10.0. The normalized spacial score (nSPS) is 17.4. The predicted molar refractivity (Wildman–Crippen MR) is 114 cm³/mol. The number of halogens is 1. The van der Waals surface area contributed by atoms with Crippen LogP contribution >= 0.6 is 11.6 Å². The first kappa shape index (κ1) is 20.4. The number of nitrogens with one attached hydrogen (secondary N) is 1. The van der Waals surface area contributed by atoms with E-state index < -0.39 is 0 Å². The molecular weight excluding hydrogens is 404 g/mol. The average molecular weight is 429 g/mol. The maximum atomic E-state index is 13.1. The van der Waals surface area contributed by atoms with Crippen LogP contribution in [0.5, 0.6) is 0 Å². The fourth-order valence-electron chi connectivity index (χ4n) is 4.10. The topological polar surface area (TPSA) is 89.1 Å². The van der Waals surface area contributed by atoms with Crippen molar-refractivity contribution in [2.45, 2.75) is 52.6 Å². The minimum atomic E-state index is -0.182. The fourth-order valence-corrected chi connectivity index (χ4v) is 4.23. The minimum Gasteiger partial charge on any atom is -0.359 e. The molecule has 1 aromatic carbocycles. The summed E-state index contributed by atoms with van der Waals surface area (Å²) in [5.41, 5.74) is 2.39. The Hall–Kier alpha value is -2.87. The Kier molecular flexibility index (Phi) is 5.51. The molecule has 0 unspecified atom stereocenters. The molecule has 1 saturated heterocycles. The lowest BCUT2D eigenvalue weighted by Gasteiger charge is -2.27. The summed E-state index contributed by atoms with van der Waals surface area (Å²) in [7, 11) is 0. The number of urea groups is 1. The van der Waals surface area contributed by atoms with E-state index >= 15 is 0 Å². The van der Waals surface area contributed by atoms with E-state index in [-0.39, 0.29) is 18.1 Å². The van der Waals surface area contributed by atoms with Gasteiger partial charge in [0, 0.05) is 11.6 Å². The van der Waals surface area contributed by atoms with Crippen LogP contribution in [0, 0.1) is 20.8 Å². The monoisotopic (exact) mass is 428 g/mol. The molecule has 1 fully saturated rings. The number of aryl methyl sites for hydroxylation is 3. The maximum absolute atomic E-state index is 13.1. The van der Waals surface area contributed by atoms with Crippen LogP contribution in [-0.4, -0.2) is 37.4 Å². The van der Waals surface area contributed by atoms with Crippen molar-refractivity contribution in [3.63, 3.8) is 0 Å². The molecule has 2 atom stereocenters. The zero-order chi connectivity index (χ0) is 21.4. The van der Waals surface area contributed by atoms with E-state index in [0.717, 1.165) is 30.1 Å². The van der Waals surface area contributed by atoms with Crippen molar-refractivity contribution in [2.24, 2.45) is 0 Å². The highest BCUT2D eigenvalue weighted by Gasteiger charge is 2.35. The molecule has 4 rings (SSSR count). The number of nitrogens with zero attached hydrogens (tertiary/aromatic N) is 5. The van der Waals surface area contributed by atoms with E-state index in [2.05, 4.69) is 32.2 Å². The molecule has 3 aromatic rings. The van der Waals surface area contributed by atoms with Crippen molar-refractivity contribution in [1.29, 1.82) is 0 Å². The number of carbonyl (C=O) groups is 1. The molecule has 158 valence electrons. The summed E-state index contributed by atoms with van der Waals surface area (Å²) in [5.74, 6) is 2.19. The van der Waals surface area contributed by atoms with E-state index in [1.54, 1.807) is 13.8 Å². The van der Waals surface area contributed by atoms with Gasteiger partial charge in [0.05, 0.1) is 12.1 Å². The largest absolute Gasteiger partial charge is 0.359 e. The molecule has 0 radical (unpaired) electrons. The molecule has 0 saturated carbocycles. The van der Waals surface area contributed by atoms with Crippen molar-refractivity contribution in [1.82, 2.24) is 24.8 Å². The van der Waals surface area contributed by atoms with Crippen LogP contribution in [0.4, 0.5) is 10.5 Å². The summed E-state index contributed by atoms with van der Waals surface area (Å²) >= 11 is 6.05. The zero-order valence-electron chi connectivity index (χ0n) is 17.5. The highest BCUT2D eigenvalue weighted by molar-refractivity contribution is 6.30. The number of likely N-dealkylation sites (tertiary alicyclic amines) is 1. The molecule has 3 heterocycles. The van der Waals surface area contributed by atoms with Gasteiger partial charge in [0.1, 0.15) is 17.2 Å². The van der Waals surface area contributed by atoms with Crippen LogP contribution in [0.1, 0.15) is 60.5 Å². The van der Waals surface area contributed by atoms with E-state index in [1.807, 2.05) is 36.1 Å². The molecule has 1 aliphatic heterocycles. The van der Waals surface area contributed by atoms with Crippen LogP contribution in [0.25, 0.3) is 0 Å². The third-order valence-electron chi connectivity index (χ3n) is 5.71. The molecule has 8 nitrogen and oxygen atoms in total. The van der Waals surface area contributed by atoms with Gasteiger partial charge in [-0.3, -0.25) is 0 Å². The number of rotatable bonds is 4. The van der Waals surface area contributed by atoms with Gasteiger partial charge in [-0.05, 0) is 58.2 Å². The summed E-state index contributed by atoms with van der Waals surface area (Å²) < 4.78 is 7.27. The molecule has 0 bridgehead atoms. The number of hydrogen-bond acceptors (Lipinski definition) is 5. The van der Waals surface area contributed by atoms with Crippen molar-refractivity contribution in [3.8, 4) is 0 Å². The van der Waals surface area contributed by atoms with Gasteiger partial charge < -0.3 is 19.3 Å². The molecule has 9 heteroatoms. The van der Waals surface area contributed by atoms with Gasteiger partial charge in [0.25, 0.3) is 0 Å². The summed E-state index contributed by atoms with van der Waals surface area (Å²) in [6, 6.07) is 7.46. The second-order valence-corrected chi connectivity index (χ2v) is 8.12. The van der Waals surface area contributed by atoms with Crippen LogP contribution in [0.15, 0.2) is 28.8 Å². The number of anilines is 1. The minimum absolute atomic E-state index is 0.0142. The van der Waals surface area contributed by atoms with Crippen molar-refractivity contribution in [3.05, 3.63) is 58.0 Å². The van der Waals surface area contributed by atoms with Gasteiger partial charge in [-0.15, -0.1) is 10.2 Å². The summed E-state index contributed by atoms with van der Waals surface area (Å²) in [4.78, 5) is 14.9. The standard InChI is InChI=1S/C21H25ClN6O2/c1-12-19(14(3)30-26-12)23-21(29)27-11-5-6-18(27)20-25-24-15(4)28(20)13(2)16-7-9-17(22)10-8-16/h7-10,13,18H,5-6,11H2,1-4H3,(H,23,29)/t13-,18-/m1/s1. The highest BCUT2D eigenvalue weighted by Crippen LogP contribution is 2.35. The van der Waals surface area contributed by atoms with Crippen LogP contribution in [0.2, 0.25) is 5.02 Å². The second kappa shape index (κ2) is 8.10. The van der Waals surface area contributed by atoms with Crippen LogP contribution in [0.3, 0.4) is 0 Å². The van der Waals surface area contributed by atoms with Crippen LogP contribution < -0.4 is 5.32 Å². The number of aromatic nitrogens is 4. The summed E-state index contributed by atoms with van der Waals surface area (Å²) in [5, 5.41) is 16.3. The fraction of sp³-hybridized carbons (Fsp3) is 0.429. The lowest BCUT2D eigenvalue weighted by molar-refractivity contribution is 0.203. The third-order valence-corrected chi connectivity index (χ3v) is 5.96. The smallest absolute Gasteiger partial charge is 0.322 e. The molecule has 1 aliphatic rings. The number of benzene rings is 1. The van der Waals surface area contributed by atoms with Crippen molar-refractivity contribution >= 4 is 23.3 Å². The van der Waals surface area contributed by atoms with Gasteiger partial charge in [-0.2, -0.15) is 0 Å². The van der Waals surface area contributed by atoms with Gasteiger partial charge in [0.15, 0.2) is 11.6 Å². The molecular formula is C21H25ClN6O2. The summed E-state index contributed by atoms with van der Waals surface area (Å²) in [6.45, 7) is 8.28. The Morgan fingerprint density at radius 3 is 2.63 bits per heavy atom. The van der Waals surface area contributed by atoms with E-state index in [0.29, 0.717) is 28.7 Å². The molecule has 1 N–H and O–H groups in total. The Morgan fingerprint density at radius 1 is 1.23 bits per heavy atom. The predicted octanol–water partition coefficient (Wildman–Crippen LogP) is 4.82.